The summed E-state index contributed by atoms with van der Waals surface area (Å²) in [7, 11) is 0. The van der Waals surface area contributed by atoms with Crippen molar-refractivity contribution < 1.29 is 9.53 Å². The van der Waals surface area contributed by atoms with Gasteiger partial charge in [0.15, 0.2) is 0 Å². The van der Waals surface area contributed by atoms with Gasteiger partial charge in [0.2, 0.25) is 0 Å². The predicted molar refractivity (Wildman–Crippen MR) is 119 cm³/mol. The van der Waals surface area contributed by atoms with Crippen molar-refractivity contribution in [3.63, 3.8) is 0 Å². The second kappa shape index (κ2) is 8.69. The van der Waals surface area contributed by atoms with Crippen LogP contribution in [0.5, 0.6) is 0 Å². The number of carbonyl (C=O) groups is 1. The number of allylic oxidation sites excluding steroid dienone is 2. The zero-order valence-electron chi connectivity index (χ0n) is 17.1. The van der Waals surface area contributed by atoms with Gasteiger partial charge in [-0.15, -0.1) is 0 Å². The van der Waals surface area contributed by atoms with Gasteiger partial charge in [0, 0.05) is 11.6 Å². The van der Waals surface area contributed by atoms with Crippen LogP contribution in [0.3, 0.4) is 0 Å². The fourth-order valence-corrected chi connectivity index (χ4v) is 2.66. The maximum absolute atomic E-state index is 11.8. The third-order valence-electron chi connectivity index (χ3n) is 3.95. The highest BCUT2D eigenvalue weighted by atomic mass is 16.6. The molecule has 29 heavy (non-hydrogen) atoms. The molecule has 0 radical (unpaired) electrons. The summed E-state index contributed by atoms with van der Waals surface area (Å²) in [6, 6.07) is 13.9. The maximum atomic E-state index is 11.8. The number of anilines is 1. The Labute approximate surface area is 171 Å². The number of carbonyl (C=O) groups excluding carboxylic acids is 1. The molecule has 0 aliphatic rings. The number of fused-ring (bicyclic) bond motifs is 1. The molecule has 5 nitrogen and oxygen atoms in total. The summed E-state index contributed by atoms with van der Waals surface area (Å²) in [5, 5.41) is 3.76. The van der Waals surface area contributed by atoms with Gasteiger partial charge >= 0.3 is 6.09 Å². The molecule has 0 saturated carbocycles. The zero-order valence-corrected chi connectivity index (χ0v) is 17.1. The molecule has 0 atom stereocenters. The van der Waals surface area contributed by atoms with Gasteiger partial charge in [-0.1, -0.05) is 35.9 Å². The Hall–Kier alpha value is -3.47. The van der Waals surface area contributed by atoms with Crippen LogP contribution >= 0.6 is 0 Å². The van der Waals surface area contributed by atoms with Gasteiger partial charge in [0.25, 0.3) is 0 Å². The first kappa shape index (κ1) is 20.3. The van der Waals surface area contributed by atoms with E-state index >= 15 is 0 Å². The molecule has 2 aromatic heterocycles. The lowest BCUT2D eigenvalue weighted by molar-refractivity contribution is 0.0635. The number of amides is 1. The monoisotopic (exact) mass is 387 g/mol. The van der Waals surface area contributed by atoms with E-state index < -0.39 is 11.7 Å². The molecule has 148 valence electrons. The minimum absolute atomic E-state index is 0.447. The van der Waals surface area contributed by atoms with Crippen LogP contribution in [0, 0.1) is 6.92 Å². The molecule has 0 spiro atoms. The molecular weight excluding hydrogens is 362 g/mol. The van der Waals surface area contributed by atoms with Gasteiger partial charge in [-0.05, 0) is 69.7 Å². The van der Waals surface area contributed by atoms with Crippen molar-refractivity contribution in [2.45, 2.75) is 33.3 Å². The number of hydrogen-bond acceptors (Lipinski definition) is 4. The normalized spacial score (nSPS) is 12.0. The summed E-state index contributed by atoms with van der Waals surface area (Å²) >= 11 is 0. The van der Waals surface area contributed by atoms with Crippen LogP contribution in [-0.4, -0.2) is 21.7 Å². The largest absolute Gasteiger partial charge is 0.444 e. The molecule has 3 aromatic rings. The Morgan fingerprint density at radius 2 is 1.83 bits per heavy atom. The summed E-state index contributed by atoms with van der Waals surface area (Å²) in [5.74, 6) is 0.447. The predicted octanol–water partition coefficient (Wildman–Crippen LogP) is 6.01. The average Bonchev–Trinajstić information content (AvgIpc) is 2.65. The fourth-order valence-electron chi connectivity index (χ4n) is 2.66. The SMILES string of the molecule is Cc1ccc2nc(/C=C/C=C/c3ccc(NC(=O)OC(C)(C)C)nc3)ccc2c1. The van der Waals surface area contributed by atoms with Crippen LogP contribution in [0.1, 0.15) is 37.6 Å². The van der Waals surface area contributed by atoms with Gasteiger partial charge in [-0.25, -0.2) is 14.8 Å². The molecule has 0 aliphatic carbocycles. The minimum Gasteiger partial charge on any atom is -0.444 e. The van der Waals surface area contributed by atoms with Crippen LogP contribution < -0.4 is 5.32 Å². The minimum atomic E-state index is -0.544. The molecule has 0 unspecified atom stereocenters. The maximum Gasteiger partial charge on any atom is 0.413 e. The number of rotatable bonds is 4. The van der Waals surface area contributed by atoms with E-state index in [-0.39, 0.29) is 0 Å². The Bertz CT molecular complexity index is 1060. The Balaban J connectivity index is 1.58. The standard InChI is InChI=1S/C24H25N3O2/c1-17-9-13-21-19(15-17)11-12-20(26-21)8-6-5-7-18-10-14-22(25-16-18)27-23(28)29-24(2,3)4/h5-16H,1-4H3,(H,25,27,28)/b7-5+,8-6+. The zero-order chi connectivity index (χ0) is 20.9. The van der Waals surface area contributed by atoms with Crippen molar-refractivity contribution in [3.8, 4) is 0 Å². The molecule has 1 N–H and O–H groups in total. The highest BCUT2D eigenvalue weighted by Crippen LogP contribution is 2.15. The van der Waals surface area contributed by atoms with Crippen molar-refractivity contribution in [2.75, 3.05) is 5.32 Å². The number of aryl methyl sites for hydroxylation is 1. The lowest BCUT2D eigenvalue weighted by Crippen LogP contribution is -2.27. The van der Waals surface area contributed by atoms with E-state index in [4.69, 9.17) is 4.74 Å². The Kier molecular flexibility index (Phi) is 6.07. The van der Waals surface area contributed by atoms with E-state index in [1.807, 2.05) is 63.3 Å². The Morgan fingerprint density at radius 1 is 1.03 bits per heavy atom. The number of benzene rings is 1. The van der Waals surface area contributed by atoms with Gasteiger partial charge in [0.1, 0.15) is 11.4 Å². The van der Waals surface area contributed by atoms with Crippen LogP contribution in [0.25, 0.3) is 23.1 Å². The van der Waals surface area contributed by atoms with Gasteiger partial charge in [-0.3, -0.25) is 5.32 Å². The molecule has 0 bridgehead atoms. The quantitative estimate of drug-likeness (QED) is 0.557. The van der Waals surface area contributed by atoms with Crippen molar-refractivity contribution in [1.82, 2.24) is 9.97 Å². The molecule has 0 fully saturated rings. The molecule has 0 saturated heterocycles. The molecule has 1 amide bonds. The third kappa shape index (κ3) is 6.28. The first-order valence-corrected chi connectivity index (χ1v) is 9.47. The molecular formula is C24H25N3O2. The van der Waals surface area contributed by atoms with E-state index in [2.05, 4.69) is 40.4 Å². The second-order valence-corrected chi connectivity index (χ2v) is 7.75. The summed E-state index contributed by atoms with van der Waals surface area (Å²) in [6.07, 6.45) is 8.93. The van der Waals surface area contributed by atoms with E-state index in [0.717, 1.165) is 22.2 Å². The smallest absolute Gasteiger partial charge is 0.413 e. The number of aromatic nitrogens is 2. The van der Waals surface area contributed by atoms with Gasteiger partial charge in [0.05, 0.1) is 11.2 Å². The lowest BCUT2D eigenvalue weighted by atomic mass is 10.1. The van der Waals surface area contributed by atoms with Crippen LogP contribution in [0.2, 0.25) is 0 Å². The van der Waals surface area contributed by atoms with Crippen molar-refractivity contribution in [1.29, 1.82) is 0 Å². The Morgan fingerprint density at radius 3 is 2.55 bits per heavy atom. The van der Waals surface area contributed by atoms with Gasteiger partial charge < -0.3 is 4.74 Å². The van der Waals surface area contributed by atoms with Crippen LogP contribution in [0.4, 0.5) is 10.6 Å². The summed E-state index contributed by atoms with van der Waals surface area (Å²) < 4.78 is 5.21. The van der Waals surface area contributed by atoms with Crippen molar-refractivity contribution in [3.05, 3.63) is 77.6 Å². The summed E-state index contributed by atoms with van der Waals surface area (Å²) in [6.45, 7) is 7.52. The molecule has 1 aromatic carbocycles. The van der Waals surface area contributed by atoms with E-state index in [1.165, 1.54) is 5.56 Å². The van der Waals surface area contributed by atoms with Crippen LogP contribution in [0.15, 0.2) is 60.8 Å². The molecule has 0 aliphatic heterocycles. The second-order valence-electron chi connectivity index (χ2n) is 7.75. The highest BCUT2D eigenvalue weighted by Gasteiger charge is 2.16. The van der Waals surface area contributed by atoms with Crippen molar-refractivity contribution in [2.24, 2.45) is 0 Å². The molecule has 2 heterocycles. The first-order chi connectivity index (χ1) is 13.8. The number of hydrogen-bond donors (Lipinski definition) is 1. The average molecular weight is 387 g/mol. The first-order valence-electron chi connectivity index (χ1n) is 9.47. The third-order valence-corrected chi connectivity index (χ3v) is 3.95. The number of nitrogens with one attached hydrogen (secondary N) is 1. The van der Waals surface area contributed by atoms with Crippen molar-refractivity contribution >= 4 is 35.0 Å². The molecule has 3 rings (SSSR count). The highest BCUT2D eigenvalue weighted by molar-refractivity contribution is 5.83. The van der Waals surface area contributed by atoms with Gasteiger partial charge in [-0.2, -0.15) is 0 Å². The van der Waals surface area contributed by atoms with E-state index in [9.17, 15) is 4.79 Å². The number of pyridine rings is 2. The van der Waals surface area contributed by atoms with Crippen LogP contribution in [-0.2, 0) is 4.74 Å². The number of nitrogens with zero attached hydrogens (tertiary/aromatic N) is 2. The van der Waals surface area contributed by atoms with E-state index in [1.54, 1.807) is 12.3 Å². The molecule has 5 heteroatoms. The fraction of sp³-hybridized carbons (Fsp3) is 0.208. The number of ether oxygens (including phenoxy) is 1. The lowest BCUT2D eigenvalue weighted by Gasteiger charge is -2.19. The summed E-state index contributed by atoms with van der Waals surface area (Å²) in [5.41, 5.74) is 3.50. The van der Waals surface area contributed by atoms with E-state index in [0.29, 0.717) is 5.82 Å². The topological polar surface area (TPSA) is 64.1 Å². The summed E-state index contributed by atoms with van der Waals surface area (Å²) in [4.78, 5) is 20.6.